The van der Waals surface area contributed by atoms with Crippen LogP contribution >= 0.6 is 0 Å². The van der Waals surface area contributed by atoms with E-state index in [-0.39, 0.29) is 17.7 Å². The van der Waals surface area contributed by atoms with Crippen molar-refractivity contribution in [3.8, 4) is 17.1 Å². The van der Waals surface area contributed by atoms with E-state index < -0.39 is 17.6 Å². The fraction of sp³-hybridized carbons (Fsp3) is 0.261. The number of ether oxygens (including phenoxy) is 1. The highest BCUT2D eigenvalue weighted by Gasteiger charge is 2.34. The molecule has 0 bridgehead atoms. The molecule has 6 nitrogen and oxygen atoms in total. The molecule has 2 aliphatic heterocycles. The summed E-state index contributed by atoms with van der Waals surface area (Å²) in [5.41, 5.74) is 1.72. The molecule has 1 saturated heterocycles. The van der Waals surface area contributed by atoms with Gasteiger partial charge >= 0.3 is 6.18 Å². The summed E-state index contributed by atoms with van der Waals surface area (Å²) in [4.78, 5) is 22.5. The van der Waals surface area contributed by atoms with Crippen molar-refractivity contribution in [2.24, 2.45) is 0 Å². The van der Waals surface area contributed by atoms with Crippen LogP contribution in [0.4, 0.5) is 23.2 Å². The minimum absolute atomic E-state index is 0.145. The number of hydrogen-bond acceptors (Lipinski definition) is 5. The number of pyridine rings is 2. The van der Waals surface area contributed by atoms with Gasteiger partial charge in [0.25, 0.3) is 5.91 Å². The van der Waals surface area contributed by atoms with E-state index in [0.29, 0.717) is 54.8 Å². The first-order chi connectivity index (χ1) is 15.8. The second kappa shape index (κ2) is 8.02. The van der Waals surface area contributed by atoms with Crippen LogP contribution < -0.4 is 15.0 Å². The number of alkyl halides is 3. The molecule has 0 spiro atoms. The normalized spacial score (nSPS) is 16.1. The van der Waals surface area contributed by atoms with Crippen molar-refractivity contribution in [2.45, 2.75) is 18.7 Å². The van der Waals surface area contributed by atoms with Gasteiger partial charge in [-0.3, -0.25) is 14.8 Å². The van der Waals surface area contributed by atoms with Gasteiger partial charge in [-0.15, -0.1) is 0 Å². The Morgan fingerprint density at radius 1 is 1.06 bits per heavy atom. The number of nitrogens with zero attached hydrogens (tertiary/aromatic N) is 3. The Morgan fingerprint density at radius 3 is 2.64 bits per heavy atom. The Kier molecular flexibility index (Phi) is 5.15. The molecule has 0 atom stereocenters. The highest BCUT2D eigenvalue weighted by molar-refractivity contribution is 5.98. The van der Waals surface area contributed by atoms with Gasteiger partial charge in [-0.25, -0.2) is 4.39 Å². The molecule has 2 aromatic heterocycles. The van der Waals surface area contributed by atoms with Gasteiger partial charge in [0.05, 0.1) is 30.0 Å². The molecule has 3 aromatic rings. The highest BCUT2D eigenvalue weighted by atomic mass is 19.4. The van der Waals surface area contributed by atoms with Crippen molar-refractivity contribution in [1.29, 1.82) is 0 Å². The van der Waals surface area contributed by atoms with Gasteiger partial charge in [0.15, 0.2) is 0 Å². The Bertz CT molecular complexity index is 1230. The number of rotatable bonds is 4. The van der Waals surface area contributed by atoms with Gasteiger partial charge in [-0.05, 0) is 42.3 Å². The summed E-state index contributed by atoms with van der Waals surface area (Å²) < 4.78 is 58.5. The van der Waals surface area contributed by atoms with E-state index in [1.807, 2.05) is 0 Å². The molecule has 1 fully saturated rings. The van der Waals surface area contributed by atoms with Crippen LogP contribution in [0, 0.1) is 5.82 Å². The standard InChI is InChI=1S/C23H18F4N4O2/c24-14-7-13(23(25,26)27)8-15(9-14)31-11-17(12-31)33-16-1-4-28-20(10-16)21-18-2-6-30-22(32)19(18)3-5-29-21/h1,3-5,7-10,17H,2,6,11-12H2,(H,30,32). The summed E-state index contributed by atoms with van der Waals surface area (Å²) in [7, 11) is 0. The molecule has 0 aliphatic carbocycles. The van der Waals surface area contributed by atoms with E-state index in [9.17, 15) is 22.4 Å². The molecule has 33 heavy (non-hydrogen) atoms. The summed E-state index contributed by atoms with van der Waals surface area (Å²) in [6, 6.07) is 7.57. The predicted octanol–water partition coefficient (Wildman–Crippen LogP) is 3.86. The third-order valence-electron chi connectivity index (χ3n) is 5.66. The summed E-state index contributed by atoms with van der Waals surface area (Å²) in [5, 5.41) is 2.80. The first kappa shape index (κ1) is 21.2. The number of carbonyl (C=O) groups is 1. The van der Waals surface area contributed by atoms with Crippen molar-refractivity contribution in [3.05, 3.63) is 71.3 Å². The Labute approximate surface area is 186 Å². The van der Waals surface area contributed by atoms with Crippen molar-refractivity contribution in [3.63, 3.8) is 0 Å². The zero-order chi connectivity index (χ0) is 23.2. The van der Waals surface area contributed by atoms with Gasteiger partial charge in [0.1, 0.15) is 17.7 Å². The monoisotopic (exact) mass is 458 g/mol. The molecule has 5 rings (SSSR count). The SMILES string of the molecule is O=C1NCCc2c1ccnc2-c1cc(OC2CN(c3cc(F)cc(C(F)(F)F)c3)C2)ccn1. The van der Waals surface area contributed by atoms with Gasteiger partial charge in [0, 0.05) is 36.3 Å². The van der Waals surface area contributed by atoms with Crippen molar-refractivity contribution in [1.82, 2.24) is 15.3 Å². The Balaban J connectivity index is 1.30. The van der Waals surface area contributed by atoms with Gasteiger partial charge in [0.2, 0.25) is 0 Å². The topological polar surface area (TPSA) is 67.3 Å². The summed E-state index contributed by atoms with van der Waals surface area (Å²) in [6.45, 7) is 1.16. The first-order valence-corrected chi connectivity index (χ1v) is 10.3. The van der Waals surface area contributed by atoms with Gasteiger partial charge in [-0.1, -0.05) is 0 Å². The number of anilines is 1. The van der Waals surface area contributed by atoms with Crippen LogP contribution in [0.2, 0.25) is 0 Å². The molecule has 0 saturated carbocycles. The number of carbonyl (C=O) groups excluding carboxylic acids is 1. The largest absolute Gasteiger partial charge is 0.487 e. The molecule has 1 amide bonds. The molecular weight excluding hydrogens is 440 g/mol. The molecule has 2 aliphatic rings. The second-order valence-electron chi connectivity index (χ2n) is 7.91. The number of fused-ring (bicyclic) bond motifs is 1. The summed E-state index contributed by atoms with van der Waals surface area (Å²) >= 11 is 0. The molecule has 0 unspecified atom stereocenters. The zero-order valence-corrected chi connectivity index (χ0v) is 17.2. The molecule has 1 aromatic carbocycles. The van der Waals surface area contributed by atoms with Crippen LogP contribution in [-0.2, 0) is 12.6 Å². The molecule has 10 heteroatoms. The van der Waals surface area contributed by atoms with Gasteiger partial charge < -0.3 is 15.0 Å². The number of benzene rings is 1. The number of hydrogen-bond donors (Lipinski definition) is 1. The minimum Gasteiger partial charge on any atom is -0.487 e. The lowest BCUT2D eigenvalue weighted by Crippen LogP contribution is -2.54. The van der Waals surface area contributed by atoms with Crippen molar-refractivity contribution < 1.29 is 27.1 Å². The van der Waals surface area contributed by atoms with Gasteiger partial charge in [-0.2, -0.15) is 13.2 Å². The van der Waals surface area contributed by atoms with E-state index >= 15 is 0 Å². The average Bonchev–Trinajstić information content (AvgIpc) is 2.75. The van der Waals surface area contributed by atoms with Crippen LogP contribution in [0.15, 0.2) is 48.8 Å². The number of nitrogens with one attached hydrogen (secondary N) is 1. The van der Waals surface area contributed by atoms with Crippen LogP contribution in [0.25, 0.3) is 11.4 Å². The smallest absolute Gasteiger partial charge is 0.416 e. The average molecular weight is 458 g/mol. The van der Waals surface area contributed by atoms with Crippen molar-refractivity contribution >= 4 is 11.6 Å². The van der Waals surface area contributed by atoms with E-state index in [2.05, 4.69) is 15.3 Å². The van der Waals surface area contributed by atoms with E-state index in [1.165, 1.54) is 0 Å². The van der Waals surface area contributed by atoms with E-state index in [4.69, 9.17) is 4.74 Å². The molecule has 1 N–H and O–H groups in total. The fourth-order valence-electron chi connectivity index (χ4n) is 4.03. The van der Waals surface area contributed by atoms with Crippen molar-refractivity contribution in [2.75, 3.05) is 24.5 Å². The Hall–Kier alpha value is -3.69. The zero-order valence-electron chi connectivity index (χ0n) is 17.2. The summed E-state index contributed by atoms with van der Waals surface area (Å²) in [6.07, 6.45) is -1.11. The highest BCUT2D eigenvalue weighted by Crippen LogP contribution is 2.34. The summed E-state index contributed by atoms with van der Waals surface area (Å²) in [5.74, 6) is -0.553. The fourth-order valence-corrected chi connectivity index (χ4v) is 4.03. The number of amides is 1. The lowest BCUT2D eigenvalue weighted by atomic mass is 9.97. The molecular formula is C23H18F4N4O2. The van der Waals surface area contributed by atoms with E-state index in [1.54, 1.807) is 35.5 Å². The maximum Gasteiger partial charge on any atom is 0.416 e. The number of aromatic nitrogens is 2. The minimum atomic E-state index is -4.61. The predicted molar refractivity (Wildman–Crippen MR) is 112 cm³/mol. The maximum absolute atomic E-state index is 13.7. The van der Waals surface area contributed by atoms with Crippen LogP contribution in [0.5, 0.6) is 5.75 Å². The van der Waals surface area contributed by atoms with Crippen LogP contribution in [-0.4, -0.2) is 41.6 Å². The third kappa shape index (κ3) is 4.20. The quantitative estimate of drug-likeness (QED) is 0.602. The molecule has 170 valence electrons. The lowest BCUT2D eigenvalue weighted by molar-refractivity contribution is -0.137. The van der Waals surface area contributed by atoms with Crippen LogP contribution in [0.1, 0.15) is 21.5 Å². The molecule has 4 heterocycles. The van der Waals surface area contributed by atoms with E-state index in [0.717, 1.165) is 17.7 Å². The number of halogens is 4. The van der Waals surface area contributed by atoms with Crippen LogP contribution in [0.3, 0.4) is 0 Å². The molecule has 0 radical (unpaired) electrons. The third-order valence-corrected chi connectivity index (χ3v) is 5.66. The maximum atomic E-state index is 13.7. The lowest BCUT2D eigenvalue weighted by Gasteiger charge is -2.40. The first-order valence-electron chi connectivity index (χ1n) is 10.3. The second-order valence-corrected chi connectivity index (χ2v) is 7.91. The Morgan fingerprint density at radius 2 is 1.85 bits per heavy atom.